The maximum absolute atomic E-state index is 10.2. The van der Waals surface area contributed by atoms with Gasteiger partial charge in [-0.2, -0.15) is 0 Å². The van der Waals surface area contributed by atoms with Crippen molar-refractivity contribution < 1.29 is 23.9 Å². The predicted octanol–water partition coefficient (Wildman–Crippen LogP) is -0.737. The first-order chi connectivity index (χ1) is 5.71. The molecular formula is C5H9NO4. The molecule has 0 radical (unpaired) electrons. The van der Waals surface area contributed by atoms with Crippen molar-refractivity contribution in [2.75, 3.05) is 0 Å². The summed E-state index contributed by atoms with van der Waals surface area (Å²) in [5.41, 5.74) is 4.88. The van der Waals surface area contributed by atoms with E-state index in [4.69, 9.17) is 20.1 Å². The van der Waals surface area contributed by atoms with Crippen molar-refractivity contribution in [3.63, 3.8) is 0 Å². The zero-order valence-corrected chi connectivity index (χ0v) is 4.94. The minimum atomic E-state index is -2.79. The van der Waals surface area contributed by atoms with Gasteiger partial charge in [0, 0.05) is 10.5 Å². The van der Waals surface area contributed by atoms with Crippen LogP contribution in [-0.4, -0.2) is 28.2 Å². The zero-order chi connectivity index (χ0) is 10.8. The molecule has 5 heteroatoms. The third kappa shape index (κ3) is 3.85. The van der Waals surface area contributed by atoms with Crippen LogP contribution >= 0.6 is 0 Å². The van der Waals surface area contributed by atoms with Crippen molar-refractivity contribution in [1.29, 1.82) is 0 Å². The third-order valence-electron chi connectivity index (χ3n) is 0.652. The summed E-state index contributed by atoms with van der Waals surface area (Å²) in [7, 11) is 0. The molecule has 0 aliphatic heterocycles. The van der Waals surface area contributed by atoms with Crippen LogP contribution in [0.25, 0.3) is 0 Å². The number of carboxylic acids is 2. The van der Waals surface area contributed by atoms with E-state index in [1.165, 1.54) is 0 Å². The fraction of sp³-hybridized carbons (Fsp3) is 0.600. The van der Waals surface area contributed by atoms with Crippen LogP contribution in [0.15, 0.2) is 0 Å². The van der Waals surface area contributed by atoms with Crippen LogP contribution < -0.4 is 5.73 Å². The van der Waals surface area contributed by atoms with Crippen LogP contribution in [0, 0.1) is 0 Å². The van der Waals surface area contributed by atoms with Gasteiger partial charge in [0.15, 0.2) is 0 Å². The minimum Gasteiger partial charge on any atom is -0.481 e. The molecular weight excluding hydrogens is 138 g/mol. The fourth-order valence-electron chi connectivity index (χ4n) is 0.232. The molecule has 0 aliphatic rings. The van der Waals surface area contributed by atoms with Crippen molar-refractivity contribution in [2.24, 2.45) is 5.73 Å². The van der Waals surface area contributed by atoms with Crippen LogP contribution in [0.2, 0.25) is 0 Å². The topological polar surface area (TPSA) is 101 Å². The summed E-state index contributed by atoms with van der Waals surface area (Å²) in [4.78, 5) is 20.4. The molecule has 58 valence electrons. The van der Waals surface area contributed by atoms with Gasteiger partial charge in [-0.25, -0.2) is 0 Å². The van der Waals surface area contributed by atoms with Gasteiger partial charge in [0.1, 0.15) is 6.04 Å². The van der Waals surface area contributed by atoms with Gasteiger partial charge in [-0.3, -0.25) is 9.59 Å². The second-order valence-electron chi connectivity index (χ2n) is 1.47. The van der Waals surface area contributed by atoms with Crippen molar-refractivity contribution in [3.8, 4) is 0 Å². The van der Waals surface area contributed by atoms with E-state index in [2.05, 4.69) is 0 Å². The van der Waals surface area contributed by atoms with E-state index in [0.29, 0.717) is 0 Å². The first-order valence-corrected chi connectivity index (χ1v) is 2.34. The third-order valence-corrected chi connectivity index (χ3v) is 0.652. The summed E-state index contributed by atoms with van der Waals surface area (Å²) in [5, 5.41) is 16.6. The second-order valence-corrected chi connectivity index (χ2v) is 1.47. The van der Waals surface area contributed by atoms with E-state index >= 15 is 0 Å². The average molecular weight is 150 g/mol. The highest BCUT2D eigenvalue weighted by Gasteiger charge is 2.12. The normalized spacial score (nSPS) is 21.5. The Labute approximate surface area is 61.7 Å². The van der Waals surface area contributed by atoms with E-state index in [0.717, 1.165) is 0 Å². The van der Waals surface area contributed by atoms with Crippen molar-refractivity contribution in [1.82, 2.24) is 0 Å². The van der Waals surface area contributed by atoms with Gasteiger partial charge in [0.05, 0.1) is 0 Å². The molecule has 0 aromatic carbocycles. The Morgan fingerprint density at radius 2 is 2.10 bits per heavy atom. The van der Waals surface area contributed by atoms with Crippen LogP contribution in [0.4, 0.5) is 0 Å². The lowest BCUT2D eigenvalue weighted by Gasteiger charge is -2.01. The molecule has 4 N–H and O–H groups in total. The van der Waals surface area contributed by atoms with Gasteiger partial charge >= 0.3 is 11.9 Å². The zero-order valence-electron chi connectivity index (χ0n) is 7.94. The number of carbonyl (C=O) groups is 2. The summed E-state index contributed by atoms with van der Waals surface area (Å²) >= 11 is 0. The number of hydrogen-bond donors (Lipinski definition) is 3. The molecule has 0 rings (SSSR count). The highest BCUT2D eigenvalue weighted by Crippen LogP contribution is 1.93. The quantitative estimate of drug-likeness (QED) is 0.490. The van der Waals surface area contributed by atoms with Gasteiger partial charge in [-0.15, -0.1) is 0 Å². The number of rotatable bonds is 4. The Morgan fingerprint density at radius 3 is 2.40 bits per heavy atom. The van der Waals surface area contributed by atoms with Gasteiger partial charge < -0.3 is 15.9 Å². The summed E-state index contributed by atoms with van der Waals surface area (Å²) in [6.07, 6.45) is -5.00. The number of carboxylic acid groups (broad SMARTS) is 2. The smallest absolute Gasteiger partial charge is 0.320 e. The largest absolute Gasteiger partial charge is 0.481 e. The van der Waals surface area contributed by atoms with Gasteiger partial charge in [0.2, 0.25) is 0 Å². The minimum absolute atomic E-state index is 1.68. The lowest BCUT2D eigenvalue weighted by Crippen LogP contribution is -2.30. The molecule has 0 spiro atoms. The SMILES string of the molecule is [2H]C(C(=O)O)C([2H])([2H])[C@H](N)C(=O)O. The monoisotopic (exact) mass is 150 g/mol. The van der Waals surface area contributed by atoms with E-state index < -0.39 is 30.8 Å². The van der Waals surface area contributed by atoms with Crippen LogP contribution in [0.5, 0.6) is 0 Å². The molecule has 2 atom stereocenters. The Balaban J connectivity index is 4.74. The molecule has 0 heterocycles. The molecule has 0 aromatic heterocycles. The molecule has 10 heavy (non-hydrogen) atoms. The van der Waals surface area contributed by atoms with Gasteiger partial charge in [0.25, 0.3) is 0 Å². The van der Waals surface area contributed by atoms with Crippen LogP contribution in [0.1, 0.15) is 16.9 Å². The Morgan fingerprint density at radius 1 is 1.60 bits per heavy atom. The Hall–Kier alpha value is -1.10. The highest BCUT2D eigenvalue weighted by atomic mass is 16.4. The lowest BCUT2D eigenvalue weighted by atomic mass is 10.2. The number of hydrogen-bond acceptors (Lipinski definition) is 3. The molecule has 0 amide bonds. The maximum Gasteiger partial charge on any atom is 0.320 e. The molecule has 0 saturated heterocycles. The summed E-state index contributed by atoms with van der Waals surface area (Å²) < 4.78 is 20.8. The van der Waals surface area contributed by atoms with E-state index in [-0.39, 0.29) is 0 Å². The first kappa shape index (κ1) is 4.68. The van der Waals surface area contributed by atoms with Crippen LogP contribution in [-0.2, 0) is 9.59 Å². The second kappa shape index (κ2) is 3.84. The van der Waals surface area contributed by atoms with E-state index in [1.807, 2.05) is 0 Å². The van der Waals surface area contributed by atoms with Gasteiger partial charge in [-0.1, -0.05) is 0 Å². The molecule has 0 saturated carbocycles. The lowest BCUT2D eigenvalue weighted by molar-refractivity contribution is -0.139. The standard InChI is InChI=1S/C5H9NO4/c6-3(5(9)10)1-2-4(7)8/h3H,1-2,6H2,(H,7,8)(H,9,10)/t3-/m0/s1/i1D2,2D/t2?,3-. The van der Waals surface area contributed by atoms with Crippen molar-refractivity contribution in [3.05, 3.63) is 0 Å². The van der Waals surface area contributed by atoms with Crippen molar-refractivity contribution in [2.45, 2.75) is 18.8 Å². The van der Waals surface area contributed by atoms with E-state index in [9.17, 15) is 9.59 Å². The predicted molar refractivity (Wildman–Crippen MR) is 32.5 cm³/mol. The first-order valence-electron chi connectivity index (χ1n) is 3.92. The Kier molecular flexibility index (Phi) is 1.79. The number of nitrogens with two attached hydrogens (primary N) is 1. The molecule has 0 aliphatic carbocycles. The molecule has 1 unspecified atom stereocenters. The fourth-order valence-corrected chi connectivity index (χ4v) is 0.232. The molecule has 0 bridgehead atoms. The average Bonchev–Trinajstić information content (AvgIpc) is 2.01. The molecule has 0 fully saturated rings. The number of aliphatic carboxylic acids is 2. The summed E-state index contributed by atoms with van der Waals surface area (Å²) in [5.74, 6) is -3.43. The molecule has 0 aromatic rings. The van der Waals surface area contributed by atoms with Crippen LogP contribution in [0.3, 0.4) is 0 Å². The summed E-state index contributed by atoms with van der Waals surface area (Å²) in [6.45, 7) is 0. The Bertz CT molecular complexity index is 210. The molecule has 5 nitrogen and oxygen atoms in total. The maximum atomic E-state index is 10.2. The van der Waals surface area contributed by atoms with Crippen molar-refractivity contribution >= 4 is 11.9 Å². The van der Waals surface area contributed by atoms with Gasteiger partial charge in [-0.05, 0) is 6.37 Å². The van der Waals surface area contributed by atoms with E-state index in [1.54, 1.807) is 0 Å². The highest BCUT2D eigenvalue weighted by molar-refractivity contribution is 5.74. The summed E-state index contributed by atoms with van der Waals surface area (Å²) in [6, 6.07) is -2.02.